The molecule has 0 fully saturated rings. The average molecular weight is 299 g/mol. The minimum absolute atomic E-state index is 0.217. The van der Waals surface area contributed by atoms with E-state index in [2.05, 4.69) is 36.4 Å². The summed E-state index contributed by atoms with van der Waals surface area (Å²) in [5.74, 6) is 0.217. The van der Waals surface area contributed by atoms with Crippen LogP contribution in [0.2, 0.25) is 0 Å². The summed E-state index contributed by atoms with van der Waals surface area (Å²) < 4.78 is 0.905. The van der Waals surface area contributed by atoms with E-state index in [-0.39, 0.29) is 12.4 Å². The smallest absolute Gasteiger partial charge is 0.340 e. The molecule has 2 rings (SSSR count). The Morgan fingerprint density at radius 2 is 2.24 bits per heavy atom. The van der Waals surface area contributed by atoms with Crippen molar-refractivity contribution >= 4 is 21.6 Å². The number of benzene rings is 1. The summed E-state index contributed by atoms with van der Waals surface area (Å²) in [5, 5.41) is 18.7. The Labute approximate surface area is 105 Å². The molecule has 0 saturated carbocycles. The molecule has 0 saturated heterocycles. The number of aromatic nitrogens is 3. The fourth-order valence-electron chi connectivity index (χ4n) is 1.35. The molecule has 0 spiro atoms. The lowest BCUT2D eigenvalue weighted by Crippen LogP contribution is -2.14. The minimum atomic E-state index is -0.874. The van der Waals surface area contributed by atoms with Crippen LogP contribution in [0.3, 0.4) is 0 Å². The number of aromatic amines is 2. The molecular formula is C10H11BrN4O2. The van der Waals surface area contributed by atoms with E-state index in [1.165, 1.54) is 0 Å². The summed E-state index contributed by atoms with van der Waals surface area (Å²) in [6, 6.07) is 7.56. The van der Waals surface area contributed by atoms with Gasteiger partial charge < -0.3 is 10.4 Å². The van der Waals surface area contributed by atoms with Crippen LogP contribution in [0.15, 0.2) is 33.5 Å². The first kappa shape index (κ1) is 11.9. The maximum atomic E-state index is 10.8. The van der Waals surface area contributed by atoms with Gasteiger partial charge in [-0.15, -0.1) is 0 Å². The summed E-state index contributed by atoms with van der Waals surface area (Å²) in [4.78, 5) is 13.2. The fourth-order valence-corrected chi connectivity index (χ4v) is 1.77. The lowest BCUT2D eigenvalue weighted by Gasteiger charge is -2.11. The standard InChI is InChI=1S/C10H11BrN4O2/c11-6-3-1-2-4-7(6)12-5-8(16)9-13-10(17)15-14-9/h1-4,8,12,16H,5H2,(H2,13,14,15,17). The molecule has 6 nitrogen and oxygen atoms in total. The predicted molar refractivity (Wildman–Crippen MR) is 66.8 cm³/mol. The molecule has 0 aliphatic rings. The number of nitrogens with one attached hydrogen (secondary N) is 3. The minimum Gasteiger partial charge on any atom is -0.383 e. The molecule has 0 aliphatic heterocycles. The van der Waals surface area contributed by atoms with E-state index >= 15 is 0 Å². The van der Waals surface area contributed by atoms with E-state index < -0.39 is 11.8 Å². The zero-order valence-electron chi connectivity index (χ0n) is 8.77. The van der Waals surface area contributed by atoms with Crippen molar-refractivity contribution in [3.8, 4) is 0 Å². The van der Waals surface area contributed by atoms with Gasteiger partial charge in [0.05, 0.1) is 0 Å². The number of rotatable bonds is 4. The van der Waals surface area contributed by atoms with Crippen molar-refractivity contribution in [3.05, 3.63) is 45.0 Å². The highest BCUT2D eigenvalue weighted by molar-refractivity contribution is 9.10. The number of hydrogen-bond donors (Lipinski definition) is 4. The van der Waals surface area contributed by atoms with Crippen molar-refractivity contribution in [2.75, 3.05) is 11.9 Å². The molecule has 1 aromatic carbocycles. The second-order valence-electron chi connectivity index (χ2n) is 3.44. The fraction of sp³-hybridized carbons (Fsp3) is 0.200. The Bertz CT molecular complexity index is 551. The molecule has 2 aromatic rings. The number of hydrogen-bond acceptors (Lipinski definition) is 4. The van der Waals surface area contributed by atoms with Gasteiger partial charge in [0.2, 0.25) is 0 Å². The van der Waals surface area contributed by atoms with Gasteiger partial charge in [-0.3, -0.25) is 4.98 Å². The van der Waals surface area contributed by atoms with Gasteiger partial charge in [0.15, 0.2) is 5.82 Å². The summed E-state index contributed by atoms with van der Waals surface area (Å²) >= 11 is 3.38. The van der Waals surface area contributed by atoms with E-state index in [4.69, 9.17) is 0 Å². The van der Waals surface area contributed by atoms with Crippen molar-refractivity contribution < 1.29 is 5.11 Å². The Morgan fingerprint density at radius 1 is 1.47 bits per heavy atom. The summed E-state index contributed by atoms with van der Waals surface area (Å²) in [7, 11) is 0. The Morgan fingerprint density at radius 3 is 2.88 bits per heavy atom. The average Bonchev–Trinajstić information content (AvgIpc) is 2.74. The number of halogens is 1. The molecule has 90 valence electrons. The van der Waals surface area contributed by atoms with E-state index in [1.807, 2.05) is 24.3 Å². The van der Waals surface area contributed by atoms with Crippen LogP contribution in [-0.2, 0) is 0 Å². The molecule has 0 aliphatic carbocycles. The van der Waals surface area contributed by atoms with Crippen LogP contribution in [0.5, 0.6) is 0 Å². The number of para-hydroxylation sites is 1. The molecule has 1 unspecified atom stereocenters. The van der Waals surface area contributed by atoms with Crippen LogP contribution < -0.4 is 11.0 Å². The van der Waals surface area contributed by atoms with Gasteiger partial charge in [-0.25, -0.2) is 9.89 Å². The first-order valence-electron chi connectivity index (χ1n) is 4.98. The van der Waals surface area contributed by atoms with Crippen molar-refractivity contribution in [2.24, 2.45) is 0 Å². The van der Waals surface area contributed by atoms with Crippen molar-refractivity contribution in [3.63, 3.8) is 0 Å². The molecule has 17 heavy (non-hydrogen) atoms. The van der Waals surface area contributed by atoms with Gasteiger partial charge >= 0.3 is 5.69 Å². The van der Waals surface area contributed by atoms with Gasteiger partial charge in [0.1, 0.15) is 6.10 Å². The SMILES string of the molecule is O=c1[nH]nc(C(O)CNc2ccccc2Br)[nH]1. The third-order valence-corrected chi connectivity index (χ3v) is 2.89. The number of H-pyrrole nitrogens is 2. The van der Waals surface area contributed by atoms with Crippen LogP contribution in [-0.4, -0.2) is 26.8 Å². The first-order valence-corrected chi connectivity index (χ1v) is 5.77. The molecular weight excluding hydrogens is 288 g/mol. The summed E-state index contributed by atoms with van der Waals surface area (Å²) in [6.07, 6.45) is -0.874. The molecule has 1 atom stereocenters. The Hall–Kier alpha value is -1.60. The molecule has 0 bridgehead atoms. The monoisotopic (exact) mass is 298 g/mol. The number of anilines is 1. The maximum Gasteiger partial charge on any atom is 0.340 e. The van der Waals surface area contributed by atoms with Crippen molar-refractivity contribution in [2.45, 2.75) is 6.10 Å². The molecule has 1 heterocycles. The summed E-state index contributed by atoms with van der Waals surface area (Å²) in [5.41, 5.74) is 0.435. The maximum absolute atomic E-state index is 10.8. The van der Waals surface area contributed by atoms with E-state index in [0.717, 1.165) is 10.2 Å². The third kappa shape index (κ3) is 2.95. The lowest BCUT2D eigenvalue weighted by atomic mass is 10.3. The predicted octanol–water partition coefficient (Wildman–Crippen LogP) is 1.01. The van der Waals surface area contributed by atoms with Gasteiger partial charge in [-0.2, -0.15) is 5.10 Å². The topological polar surface area (TPSA) is 93.8 Å². The molecule has 7 heteroatoms. The van der Waals surface area contributed by atoms with Crippen LogP contribution in [0.1, 0.15) is 11.9 Å². The highest BCUT2D eigenvalue weighted by atomic mass is 79.9. The van der Waals surface area contributed by atoms with Crippen molar-refractivity contribution in [1.29, 1.82) is 0 Å². The highest BCUT2D eigenvalue weighted by Gasteiger charge is 2.11. The van der Waals surface area contributed by atoms with E-state index in [9.17, 15) is 9.90 Å². The van der Waals surface area contributed by atoms with Crippen LogP contribution in [0, 0.1) is 0 Å². The number of nitrogens with zero attached hydrogens (tertiary/aromatic N) is 1. The molecule has 0 amide bonds. The second-order valence-corrected chi connectivity index (χ2v) is 4.29. The Balaban J connectivity index is 1.99. The van der Waals surface area contributed by atoms with Crippen LogP contribution in [0.25, 0.3) is 0 Å². The largest absolute Gasteiger partial charge is 0.383 e. The quantitative estimate of drug-likeness (QED) is 0.677. The van der Waals surface area contributed by atoms with Gasteiger partial charge in [0, 0.05) is 16.7 Å². The van der Waals surface area contributed by atoms with Crippen molar-refractivity contribution in [1.82, 2.24) is 15.2 Å². The number of aliphatic hydroxyl groups excluding tert-OH is 1. The zero-order chi connectivity index (χ0) is 12.3. The normalized spacial score (nSPS) is 12.4. The van der Waals surface area contributed by atoms with E-state index in [0.29, 0.717) is 0 Å². The highest BCUT2D eigenvalue weighted by Crippen LogP contribution is 2.21. The van der Waals surface area contributed by atoms with Gasteiger partial charge in [-0.1, -0.05) is 12.1 Å². The lowest BCUT2D eigenvalue weighted by molar-refractivity contribution is 0.182. The van der Waals surface area contributed by atoms with Gasteiger partial charge in [0.25, 0.3) is 0 Å². The van der Waals surface area contributed by atoms with Crippen LogP contribution in [0.4, 0.5) is 5.69 Å². The van der Waals surface area contributed by atoms with E-state index in [1.54, 1.807) is 0 Å². The third-order valence-electron chi connectivity index (χ3n) is 2.19. The zero-order valence-corrected chi connectivity index (χ0v) is 10.4. The molecule has 0 radical (unpaired) electrons. The first-order chi connectivity index (χ1) is 8.16. The molecule has 1 aromatic heterocycles. The van der Waals surface area contributed by atoms with Gasteiger partial charge in [-0.05, 0) is 28.1 Å². The Kier molecular flexibility index (Phi) is 3.60. The molecule has 4 N–H and O–H groups in total. The van der Waals surface area contributed by atoms with Crippen LogP contribution >= 0.6 is 15.9 Å². The second kappa shape index (κ2) is 5.15. The summed E-state index contributed by atoms with van der Waals surface area (Å²) in [6.45, 7) is 0.253. The number of aliphatic hydroxyl groups is 1.